The summed E-state index contributed by atoms with van der Waals surface area (Å²) in [5, 5.41) is 4.44. The monoisotopic (exact) mass is 365 g/mol. The van der Waals surface area contributed by atoms with Gasteiger partial charge in [0.2, 0.25) is 5.91 Å². The second-order valence-electron chi connectivity index (χ2n) is 5.52. The molecule has 7 heteroatoms. The van der Waals surface area contributed by atoms with Crippen molar-refractivity contribution in [1.29, 1.82) is 0 Å². The van der Waals surface area contributed by atoms with Crippen molar-refractivity contribution < 1.29 is 13.9 Å². The van der Waals surface area contributed by atoms with Crippen molar-refractivity contribution in [1.82, 2.24) is 9.97 Å². The van der Waals surface area contributed by atoms with Gasteiger partial charge in [-0.3, -0.25) is 4.79 Å². The van der Waals surface area contributed by atoms with Crippen molar-refractivity contribution in [3.8, 4) is 5.75 Å². The highest BCUT2D eigenvalue weighted by atomic mass is 32.2. The maximum atomic E-state index is 12.2. The van der Waals surface area contributed by atoms with Crippen LogP contribution in [0.1, 0.15) is 0 Å². The number of anilines is 1. The molecule has 0 saturated heterocycles. The number of amides is 1. The van der Waals surface area contributed by atoms with Crippen LogP contribution in [0.15, 0.2) is 64.3 Å². The third kappa shape index (κ3) is 3.21. The van der Waals surface area contributed by atoms with Gasteiger partial charge in [-0.15, -0.1) is 0 Å². The topological polar surface area (TPSA) is 77.2 Å². The van der Waals surface area contributed by atoms with Crippen molar-refractivity contribution >= 4 is 45.4 Å². The number of nitrogens with zero attached hydrogens (tertiary/aromatic N) is 2. The molecule has 0 aliphatic rings. The first-order chi connectivity index (χ1) is 12.7. The Bertz CT molecular complexity index is 1080. The van der Waals surface area contributed by atoms with E-state index in [1.54, 1.807) is 31.4 Å². The summed E-state index contributed by atoms with van der Waals surface area (Å²) < 4.78 is 11.0. The van der Waals surface area contributed by atoms with E-state index in [1.165, 1.54) is 18.1 Å². The van der Waals surface area contributed by atoms with E-state index in [1.807, 2.05) is 24.3 Å². The Morgan fingerprint density at radius 2 is 1.96 bits per heavy atom. The largest absolute Gasteiger partial charge is 0.497 e. The smallest absolute Gasteiger partial charge is 0.234 e. The van der Waals surface area contributed by atoms with E-state index >= 15 is 0 Å². The molecule has 0 spiro atoms. The predicted molar refractivity (Wildman–Crippen MR) is 102 cm³/mol. The van der Waals surface area contributed by atoms with E-state index < -0.39 is 0 Å². The molecule has 0 aliphatic carbocycles. The molecule has 130 valence electrons. The van der Waals surface area contributed by atoms with Crippen LogP contribution < -0.4 is 10.1 Å². The third-order valence-corrected chi connectivity index (χ3v) is 4.81. The summed E-state index contributed by atoms with van der Waals surface area (Å²) in [6.07, 6.45) is 1.49. The molecule has 4 aromatic rings. The number of para-hydroxylation sites is 1. The second kappa shape index (κ2) is 7.05. The predicted octanol–water partition coefficient (Wildman–Crippen LogP) is 4.12. The van der Waals surface area contributed by atoms with Gasteiger partial charge in [0, 0.05) is 11.1 Å². The summed E-state index contributed by atoms with van der Waals surface area (Å²) in [5.74, 6) is 0.837. The number of rotatable bonds is 5. The first kappa shape index (κ1) is 16.4. The van der Waals surface area contributed by atoms with Crippen LogP contribution in [0, 0.1) is 0 Å². The zero-order chi connectivity index (χ0) is 17.9. The molecule has 26 heavy (non-hydrogen) atoms. The lowest BCUT2D eigenvalue weighted by atomic mass is 10.2. The Morgan fingerprint density at radius 1 is 1.15 bits per heavy atom. The molecule has 0 fully saturated rings. The van der Waals surface area contributed by atoms with Crippen LogP contribution in [-0.2, 0) is 4.79 Å². The van der Waals surface area contributed by atoms with E-state index in [2.05, 4.69) is 15.3 Å². The first-order valence-corrected chi connectivity index (χ1v) is 8.92. The van der Waals surface area contributed by atoms with E-state index in [9.17, 15) is 4.79 Å². The van der Waals surface area contributed by atoms with E-state index in [-0.39, 0.29) is 11.7 Å². The van der Waals surface area contributed by atoms with Crippen LogP contribution >= 0.6 is 11.8 Å². The summed E-state index contributed by atoms with van der Waals surface area (Å²) in [6, 6.07) is 14.9. The first-order valence-electron chi connectivity index (χ1n) is 7.93. The van der Waals surface area contributed by atoms with Crippen molar-refractivity contribution in [3.63, 3.8) is 0 Å². The molecule has 2 aromatic carbocycles. The van der Waals surface area contributed by atoms with Crippen LogP contribution in [0.3, 0.4) is 0 Å². The van der Waals surface area contributed by atoms with E-state index in [0.717, 1.165) is 22.2 Å². The van der Waals surface area contributed by atoms with Gasteiger partial charge in [0.25, 0.3) is 0 Å². The Balaban J connectivity index is 1.49. The number of methoxy groups -OCH3 is 1. The molecule has 0 atom stereocenters. The van der Waals surface area contributed by atoms with E-state index in [4.69, 9.17) is 9.15 Å². The minimum Gasteiger partial charge on any atom is -0.497 e. The number of ether oxygens (including phenoxy) is 1. The molecule has 0 saturated carbocycles. The average molecular weight is 365 g/mol. The van der Waals surface area contributed by atoms with Gasteiger partial charge < -0.3 is 14.5 Å². The maximum absolute atomic E-state index is 12.2. The number of thioether (sulfide) groups is 1. The Kier molecular flexibility index (Phi) is 4.45. The molecule has 0 aliphatic heterocycles. The highest BCUT2D eigenvalue weighted by Crippen LogP contribution is 2.32. The molecule has 4 rings (SSSR count). The van der Waals surface area contributed by atoms with Crippen LogP contribution in [0.2, 0.25) is 0 Å². The Labute approximate surface area is 153 Å². The standard InChI is InChI=1S/C19H15N3O3S/c1-24-13-8-6-12(7-9-13)22-16(23)10-26-19-18-17(20-11-21-19)14-4-2-3-5-15(14)25-18/h2-9,11H,10H2,1H3,(H,22,23). The summed E-state index contributed by atoms with van der Waals surface area (Å²) in [5.41, 5.74) is 2.84. The lowest BCUT2D eigenvalue weighted by molar-refractivity contribution is -0.113. The number of carbonyl (C=O) groups is 1. The van der Waals surface area contributed by atoms with Gasteiger partial charge in [0.05, 0.1) is 12.9 Å². The number of hydrogen-bond acceptors (Lipinski definition) is 6. The van der Waals surface area contributed by atoms with Gasteiger partial charge in [-0.25, -0.2) is 9.97 Å². The molecule has 0 unspecified atom stereocenters. The molecule has 0 bridgehead atoms. The Morgan fingerprint density at radius 3 is 2.77 bits per heavy atom. The van der Waals surface area contributed by atoms with Gasteiger partial charge >= 0.3 is 0 Å². The number of furan rings is 1. The SMILES string of the molecule is COc1ccc(NC(=O)CSc2ncnc3c2oc2ccccc23)cc1. The molecular formula is C19H15N3O3S. The lowest BCUT2D eigenvalue weighted by Gasteiger charge is -2.06. The average Bonchev–Trinajstić information content (AvgIpc) is 3.06. The fourth-order valence-corrected chi connectivity index (χ4v) is 3.34. The molecule has 2 heterocycles. The number of benzene rings is 2. The quantitative estimate of drug-likeness (QED) is 0.423. The number of carbonyl (C=O) groups excluding carboxylic acids is 1. The molecule has 0 radical (unpaired) electrons. The normalized spacial score (nSPS) is 11.0. The van der Waals surface area contributed by atoms with Gasteiger partial charge in [-0.1, -0.05) is 23.9 Å². The summed E-state index contributed by atoms with van der Waals surface area (Å²) in [6.45, 7) is 0. The molecular weight excluding hydrogens is 350 g/mol. The van der Waals surface area contributed by atoms with Crippen LogP contribution in [0.4, 0.5) is 5.69 Å². The van der Waals surface area contributed by atoms with Gasteiger partial charge in [0.1, 0.15) is 28.2 Å². The van der Waals surface area contributed by atoms with Crippen molar-refractivity contribution in [2.45, 2.75) is 5.03 Å². The van der Waals surface area contributed by atoms with Crippen LogP contribution in [0.25, 0.3) is 22.1 Å². The highest BCUT2D eigenvalue weighted by Gasteiger charge is 2.14. The second-order valence-corrected chi connectivity index (χ2v) is 6.48. The molecule has 1 amide bonds. The number of hydrogen-bond donors (Lipinski definition) is 1. The minimum absolute atomic E-state index is 0.122. The summed E-state index contributed by atoms with van der Waals surface area (Å²) >= 11 is 1.32. The maximum Gasteiger partial charge on any atom is 0.234 e. The minimum atomic E-state index is -0.122. The number of fused-ring (bicyclic) bond motifs is 3. The zero-order valence-corrected chi connectivity index (χ0v) is 14.7. The van der Waals surface area contributed by atoms with E-state index in [0.29, 0.717) is 16.3 Å². The van der Waals surface area contributed by atoms with Crippen molar-refractivity contribution in [3.05, 3.63) is 54.9 Å². The third-order valence-electron chi connectivity index (χ3n) is 3.84. The fraction of sp³-hybridized carbons (Fsp3) is 0.105. The summed E-state index contributed by atoms with van der Waals surface area (Å²) in [7, 11) is 1.60. The molecule has 2 aromatic heterocycles. The van der Waals surface area contributed by atoms with Crippen LogP contribution in [0.5, 0.6) is 5.75 Å². The number of aromatic nitrogens is 2. The summed E-state index contributed by atoms with van der Waals surface area (Å²) in [4.78, 5) is 20.8. The van der Waals surface area contributed by atoms with Gasteiger partial charge in [-0.2, -0.15) is 0 Å². The van der Waals surface area contributed by atoms with Crippen molar-refractivity contribution in [2.75, 3.05) is 18.2 Å². The molecule has 6 nitrogen and oxygen atoms in total. The zero-order valence-electron chi connectivity index (χ0n) is 13.9. The van der Waals surface area contributed by atoms with Gasteiger partial charge in [0.15, 0.2) is 5.58 Å². The Hall–Kier alpha value is -3.06. The van der Waals surface area contributed by atoms with Gasteiger partial charge in [-0.05, 0) is 36.4 Å². The van der Waals surface area contributed by atoms with Crippen LogP contribution in [-0.4, -0.2) is 28.7 Å². The number of nitrogens with one attached hydrogen (secondary N) is 1. The molecule has 1 N–H and O–H groups in total. The highest BCUT2D eigenvalue weighted by molar-refractivity contribution is 8.00. The van der Waals surface area contributed by atoms with Crippen molar-refractivity contribution in [2.24, 2.45) is 0 Å². The fourth-order valence-electron chi connectivity index (χ4n) is 2.61. The lowest BCUT2D eigenvalue weighted by Crippen LogP contribution is -2.14.